The van der Waals surface area contributed by atoms with Crippen molar-refractivity contribution in [3.05, 3.63) is 40.7 Å². The number of carboxylic acid groups (broad SMARTS) is 1. The van der Waals surface area contributed by atoms with Crippen molar-refractivity contribution in [1.82, 2.24) is 4.98 Å². The number of thiazole rings is 1. The standard InChI is InChI=1S/C13H13FN2O2S/c1-3-10-11(12(17)18)19-13(15-10)16(2)9-6-4-8(14)5-7-9/h4-7H,3H2,1-2H3,(H,17,18). The third kappa shape index (κ3) is 2.73. The number of rotatable bonds is 4. The molecule has 1 heterocycles. The van der Waals surface area contributed by atoms with Crippen LogP contribution in [0, 0.1) is 5.82 Å². The molecular formula is C13H13FN2O2S. The fourth-order valence-electron chi connectivity index (χ4n) is 1.66. The van der Waals surface area contributed by atoms with Crippen molar-refractivity contribution < 1.29 is 14.3 Å². The minimum Gasteiger partial charge on any atom is -0.477 e. The van der Waals surface area contributed by atoms with E-state index in [2.05, 4.69) is 4.98 Å². The lowest BCUT2D eigenvalue weighted by Gasteiger charge is -2.15. The largest absolute Gasteiger partial charge is 0.477 e. The van der Waals surface area contributed by atoms with Crippen molar-refractivity contribution in [2.45, 2.75) is 13.3 Å². The Balaban J connectivity index is 2.36. The summed E-state index contributed by atoms with van der Waals surface area (Å²) in [6.45, 7) is 1.86. The van der Waals surface area contributed by atoms with Crippen LogP contribution in [0.25, 0.3) is 0 Å². The SMILES string of the molecule is CCc1nc(N(C)c2ccc(F)cc2)sc1C(=O)O. The van der Waals surface area contributed by atoms with E-state index < -0.39 is 5.97 Å². The van der Waals surface area contributed by atoms with Gasteiger partial charge in [0.05, 0.1) is 5.69 Å². The number of hydrogen-bond donors (Lipinski definition) is 1. The van der Waals surface area contributed by atoms with Gasteiger partial charge in [0, 0.05) is 12.7 Å². The van der Waals surface area contributed by atoms with Crippen molar-refractivity contribution in [1.29, 1.82) is 0 Å². The zero-order valence-corrected chi connectivity index (χ0v) is 11.4. The van der Waals surface area contributed by atoms with E-state index >= 15 is 0 Å². The third-order valence-electron chi connectivity index (χ3n) is 2.72. The molecule has 0 saturated carbocycles. The molecule has 0 aliphatic heterocycles. The first-order valence-electron chi connectivity index (χ1n) is 5.75. The number of aromatic nitrogens is 1. The molecule has 1 aromatic carbocycles. The number of carboxylic acids is 1. The number of anilines is 2. The lowest BCUT2D eigenvalue weighted by molar-refractivity contribution is 0.0701. The smallest absolute Gasteiger partial charge is 0.347 e. The van der Waals surface area contributed by atoms with Crippen LogP contribution in [0.1, 0.15) is 22.3 Å². The first-order valence-corrected chi connectivity index (χ1v) is 6.57. The summed E-state index contributed by atoms with van der Waals surface area (Å²) in [5.74, 6) is -1.27. The van der Waals surface area contributed by atoms with Gasteiger partial charge in [0.1, 0.15) is 10.7 Å². The molecule has 1 aromatic heterocycles. The van der Waals surface area contributed by atoms with Gasteiger partial charge in [0.15, 0.2) is 5.13 Å². The predicted molar refractivity (Wildman–Crippen MR) is 72.9 cm³/mol. The number of aryl methyl sites for hydroxylation is 1. The van der Waals surface area contributed by atoms with E-state index in [0.717, 1.165) is 17.0 Å². The molecule has 0 aliphatic carbocycles. The maximum Gasteiger partial charge on any atom is 0.347 e. The van der Waals surface area contributed by atoms with Gasteiger partial charge in [-0.25, -0.2) is 14.2 Å². The number of carbonyl (C=O) groups is 1. The van der Waals surface area contributed by atoms with Gasteiger partial charge >= 0.3 is 5.97 Å². The molecule has 100 valence electrons. The van der Waals surface area contributed by atoms with E-state index in [1.807, 2.05) is 6.92 Å². The Hall–Kier alpha value is -1.95. The van der Waals surface area contributed by atoms with Gasteiger partial charge in [-0.2, -0.15) is 0 Å². The van der Waals surface area contributed by atoms with Crippen LogP contribution in [0.5, 0.6) is 0 Å². The van der Waals surface area contributed by atoms with Crippen molar-refractivity contribution in [3.63, 3.8) is 0 Å². The zero-order valence-electron chi connectivity index (χ0n) is 10.6. The van der Waals surface area contributed by atoms with Gasteiger partial charge in [0.25, 0.3) is 0 Å². The molecule has 0 spiro atoms. The maximum atomic E-state index is 12.9. The number of aromatic carboxylic acids is 1. The number of hydrogen-bond acceptors (Lipinski definition) is 4. The highest BCUT2D eigenvalue weighted by Crippen LogP contribution is 2.30. The highest BCUT2D eigenvalue weighted by atomic mass is 32.1. The van der Waals surface area contributed by atoms with Crippen LogP contribution in [0.3, 0.4) is 0 Å². The highest BCUT2D eigenvalue weighted by molar-refractivity contribution is 7.17. The molecule has 0 aliphatic rings. The summed E-state index contributed by atoms with van der Waals surface area (Å²) in [5, 5.41) is 9.69. The van der Waals surface area contributed by atoms with Crippen molar-refractivity contribution in [2.75, 3.05) is 11.9 Å². The van der Waals surface area contributed by atoms with Crippen LogP contribution in [0.4, 0.5) is 15.2 Å². The Morgan fingerprint density at radius 3 is 2.53 bits per heavy atom. The summed E-state index contributed by atoms with van der Waals surface area (Å²) >= 11 is 1.12. The Morgan fingerprint density at radius 2 is 2.05 bits per heavy atom. The van der Waals surface area contributed by atoms with E-state index in [9.17, 15) is 9.18 Å². The van der Waals surface area contributed by atoms with Gasteiger partial charge in [-0.05, 0) is 30.7 Å². The Kier molecular flexibility index (Phi) is 3.80. The molecule has 1 N–H and O–H groups in total. The van der Waals surface area contributed by atoms with Gasteiger partial charge in [0.2, 0.25) is 0 Å². The number of halogens is 1. The van der Waals surface area contributed by atoms with Gasteiger partial charge in [-0.3, -0.25) is 0 Å². The molecule has 0 amide bonds. The normalized spacial score (nSPS) is 10.5. The van der Waals surface area contributed by atoms with Crippen LogP contribution in [-0.4, -0.2) is 23.1 Å². The topological polar surface area (TPSA) is 53.4 Å². The first kappa shape index (κ1) is 13.5. The quantitative estimate of drug-likeness (QED) is 0.933. The second-order valence-electron chi connectivity index (χ2n) is 3.97. The molecule has 19 heavy (non-hydrogen) atoms. The lowest BCUT2D eigenvalue weighted by Crippen LogP contribution is -2.08. The fraction of sp³-hybridized carbons (Fsp3) is 0.231. The van der Waals surface area contributed by atoms with E-state index in [4.69, 9.17) is 5.11 Å². The highest BCUT2D eigenvalue weighted by Gasteiger charge is 2.18. The van der Waals surface area contributed by atoms with Crippen molar-refractivity contribution in [3.8, 4) is 0 Å². The van der Waals surface area contributed by atoms with Gasteiger partial charge in [-0.15, -0.1) is 0 Å². The second kappa shape index (κ2) is 5.36. The molecular weight excluding hydrogens is 267 g/mol. The molecule has 0 bridgehead atoms. The molecule has 0 fully saturated rings. The van der Waals surface area contributed by atoms with Crippen LogP contribution in [0.15, 0.2) is 24.3 Å². The molecule has 0 saturated heterocycles. The minimum atomic E-state index is -0.965. The monoisotopic (exact) mass is 280 g/mol. The van der Waals surface area contributed by atoms with Crippen LogP contribution in [0.2, 0.25) is 0 Å². The maximum absolute atomic E-state index is 12.9. The Labute approximate surface area is 114 Å². The molecule has 6 heteroatoms. The first-order chi connectivity index (χ1) is 9.02. The number of nitrogens with zero attached hydrogens (tertiary/aromatic N) is 2. The van der Waals surface area contributed by atoms with E-state index in [0.29, 0.717) is 17.2 Å². The molecule has 0 atom stereocenters. The van der Waals surface area contributed by atoms with E-state index in [-0.39, 0.29) is 10.7 Å². The zero-order chi connectivity index (χ0) is 14.0. The summed E-state index contributed by atoms with van der Waals surface area (Å²) in [7, 11) is 1.77. The predicted octanol–water partition coefficient (Wildman–Crippen LogP) is 3.31. The molecule has 0 unspecified atom stereocenters. The fourth-order valence-corrected chi connectivity index (χ4v) is 2.64. The summed E-state index contributed by atoms with van der Waals surface area (Å²) in [6, 6.07) is 5.97. The summed E-state index contributed by atoms with van der Waals surface area (Å²) in [5.41, 5.74) is 1.33. The summed E-state index contributed by atoms with van der Waals surface area (Å²) < 4.78 is 12.9. The average molecular weight is 280 g/mol. The van der Waals surface area contributed by atoms with E-state index in [1.165, 1.54) is 12.1 Å². The minimum absolute atomic E-state index is 0.256. The van der Waals surface area contributed by atoms with Crippen molar-refractivity contribution in [2.24, 2.45) is 0 Å². The van der Waals surface area contributed by atoms with Gasteiger partial charge < -0.3 is 10.0 Å². The second-order valence-corrected chi connectivity index (χ2v) is 4.94. The van der Waals surface area contributed by atoms with E-state index in [1.54, 1.807) is 24.1 Å². The third-order valence-corrected chi connectivity index (χ3v) is 3.88. The molecule has 4 nitrogen and oxygen atoms in total. The van der Waals surface area contributed by atoms with Crippen molar-refractivity contribution >= 4 is 28.1 Å². The Morgan fingerprint density at radius 1 is 1.42 bits per heavy atom. The molecule has 2 aromatic rings. The van der Waals surface area contributed by atoms with Crippen LogP contribution >= 0.6 is 11.3 Å². The lowest BCUT2D eigenvalue weighted by atomic mass is 10.3. The number of benzene rings is 1. The molecule has 0 radical (unpaired) electrons. The van der Waals surface area contributed by atoms with Gasteiger partial charge in [-0.1, -0.05) is 18.3 Å². The average Bonchev–Trinajstić information content (AvgIpc) is 2.83. The Bertz CT molecular complexity index is 595. The summed E-state index contributed by atoms with van der Waals surface area (Å²) in [4.78, 5) is 17.4. The molecule has 2 rings (SSSR count). The van der Waals surface area contributed by atoms with Crippen LogP contribution in [-0.2, 0) is 6.42 Å². The summed E-state index contributed by atoms with van der Waals surface area (Å²) in [6.07, 6.45) is 0.565. The van der Waals surface area contributed by atoms with Crippen LogP contribution < -0.4 is 4.90 Å².